The van der Waals surface area contributed by atoms with Crippen LogP contribution in [-0.2, 0) is 12.7 Å². The molecule has 2 heterocycles. The number of hydrogen-bond acceptors (Lipinski definition) is 3. The highest BCUT2D eigenvalue weighted by Crippen LogP contribution is 2.29. The van der Waals surface area contributed by atoms with Crippen LogP contribution in [0.5, 0.6) is 0 Å². The van der Waals surface area contributed by atoms with Gasteiger partial charge in [-0.05, 0) is 29.8 Å². The second kappa shape index (κ2) is 4.48. The molecular weight excluding hydrogens is 287 g/mol. The minimum atomic E-state index is -4.48. The highest BCUT2D eigenvalue weighted by molar-refractivity contribution is 5.92. The van der Waals surface area contributed by atoms with Crippen LogP contribution in [0.3, 0.4) is 0 Å². The number of benzene rings is 1. The van der Waals surface area contributed by atoms with Crippen molar-refractivity contribution in [1.29, 1.82) is 0 Å². The first-order chi connectivity index (χ1) is 9.84. The van der Waals surface area contributed by atoms with E-state index in [-0.39, 0.29) is 6.54 Å². The number of hydrogen-bond donors (Lipinski definition) is 2. The number of anilines is 1. The Morgan fingerprint density at radius 1 is 1.29 bits per heavy atom. The quantitative estimate of drug-likeness (QED) is 0.625. The van der Waals surface area contributed by atoms with E-state index in [1.807, 2.05) is 0 Å². The summed E-state index contributed by atoms with van der Waals surface area (Å²) < 4.78 is 38.7. The number of nitrogens with one attached hydrogen (secondary N) is 1. The molecular formula is C12H10F3N5O. The van der Waals surface area contributed by atoms with Gasteiger partial charge in [-0.2, -0.15) is 18.3 Å². The molecule has 0 spiro atoms. The monoisotopic (exact) mass is 297 g/mol. The zero-order valence-corrected chi connectivity index (χ0v) is 10.6. The summed E-state index contributed by atoms with van der Waals surface area (Å²) in [5.74, 6) is 5.49. The lowest BCUT2D eigenvalue weighted by Gasteiger charge is -2.25. The molecule has 1 aromatic carbocycles. The highest BCUT2D eigenvalue weighted by atomic mass is 19.4. The van der Waals surface area contributed by atoms with Crippen molar-refractivity contribution >= 4 is 11.7 Å². The average Bonchev–Trinajstić information content (AvgIpc) is 2.89. The van der Waals surface area contributed by atoms with Crippen LogP contribution in [0.1, 0.15) is 11.3 Å². The molecule has 6 nitrogen and oxygen atoms in total. The lowest BCUT2D eigenvalue weighted by Crippen LogP contribution is -2.43. The van der Waals surface area contributed by atoms with Crippen molar-refractivity contribution in [2.75, 3.05) is 5.32 Å². The molecule has 0 unspecified atom stereocenters. The summed E-state index contributed by atoms with van der Waals surface area (Å²) in [6.07, 6.45) is -3.26. The molecule has 3 N–H and O–H groups in total. The van der Waals surface area contributed by atoms with Gasteiger partial charge in [-0.3, -0.25) is 5.01 Å². The number of fused-ring (bicyclic) bond motifs is 1. The van der Waals surface area contributed by atoms with E-state index in [1.54, 1.807) is 18.2 Å². The van der Waals surface area contributed by atoms with E-state index >= 15 is 0 Å². The average molecular weight is 297 g/mol. The fraction of sp³-hybridized carbons (Fsp3) is 0.167. The summed E-state index contributed by atoms with van der Waals surface area (Å²) in [5.41, 5.74) is 0.759. The van der Waals surface area contributed by atoms with Crippen molar-refractivity contribution in [2.24, 2.45) is 5.84 Å². The number of aromatic nitrogens is 2. The Kier molecular flexibility index (Phi) is 2.87. The van der Waals surface area contributed by atoms with Crippen LogP contribution in [0.25, 0.3) is 5.69 Å². The molecule has 0 saturated carbocycles. The van der Waals surface area contributed by atoms with Crippen LogP contribution >= 0.6 is 0 Å². The van der Waals surface area contributed by atoms with Gasteiger partial charge in [0.1, 0.15) is 0 Å². The Bertz CT molecular complexity index is 709. The van der Waals surface area contributed by atoms with Crippen LogP contribution < -0.4 is 11.2 Å². The van der Waals surface area contributed by atoms with Gasteiger partial charge in [0.2, 0.25) is 0 Å². The van der Waals surface area contributed by atoms with Gasteiger partial charge in [-0.15, -0.1) is 0 Å². The van der Waals surface area contributed by atoms with Crippen molar-refractivity contribution in [3.8, 4) is 5.69 Å². The fourth-order valence-corrected chi connectivity index (χ4v) is 2.04. The van der Waals surface area contributed by atoms with Crippen LogP contribution in [-0.4, -0.2) is 20.8 Å². The summed E-state index contributed by atoms with van der Waals surface area (Å²) in [7, 11) is 0. The number of rotatable bonds is 1. The van der Waals surface area contributed by atoms with Crippen molar-refractivity contribution in [3.05, 3.63) is 41.7 Å². The van der Waals surface area contributed by atoms with Crippen LogP contribution in [0.15, 0.2) is 30.5 Å². The molecule has 0 atom stereocenters. The molecule has 9 heteroatoms. The Morgan fingerprint density at radius 2 is 2.05 bits per heavy atom. The summed E-state index contributed by atoms with van der Waals surface area (Å²) in [5, 5.41) is 7.05. The van der Waals surface area contributed by atoms with Gasteiger partial charge in [-0.25, -0.2) is 15.3 Å². The van der Waals surface area contributed by atoms with Crippen LogP contribution in [0.4, 0.5) is 23.7 Å². The third-order valence-electron chi connectivity index (χ3n) is 3.08. The van der Waals surface area contributed by atoms with E-state index in [0.717, 1.165) is 15.8 Å². The number of carbonyl (C=O) groups is 1. The smallest absolute Gasteiger partial charge is 0.306 e. The number of amides is 2. The molecule has 0 fully saturated rings. The third kappa shape index (κ3) is 2.42. The number of nitrogens with zero attached hydrogens (tertiary/aromatic N) is 3. The molecule has 3 rings (SSSR count). The molecule has 1 aromatic heterocycles. The van der Waals surface area contributed by atoms with Crippen molar-refractivity contribution in [3.63, 3.8) is 0 Å². The SMILES string of the molecule is NN1Cc2cc(-n3ccc(C(F)(F)F)n3)ccc2NC1=O. The predicted octanol–water partition coefficient (Wildman–Crippen LogP) is 2.11. The predicted molar refractivity (Wildman–Crippen MR) is 67.3 cm³/mol. The molecule has 2 amide bonds. The largest absolute Gasteiger partial charge is 0.435 e. The zero-order valence-electron chi connectivity index (χ0n) is 10.6. The van der Waals surface area contributed by atoms with Gasteiger partial charge in [0.15, 0.2) is 5.69 Å². The molecule has 0 aliphatic carbocycles. The van der Waals surface area contributed by atoms with Crippen LogP contribution in [0.2, 0.25) is 0 Å². The topological polar surface area (TPSA) is 76.2 Å². The van der Waals surface area contributed by atoms with Crippen LogP contribution in [0, 0.1) is 0 Å². The Hall–Kier alpha value is -2.55. The van der Waals surface area contributed by atoms with E-state index in [4.69, 9.17) is 5.84 Å². The Morgan fingerprint density at radius 3 is 2.71 bits per heavy atom. The van der Waals surface area contributed by atoms with Crippen molar-refractivity contribution in [1.82, 2.24) is 14.8 Å². The van der Waals surface area contributed by atoms with Gasteiger partial charge < -0.3 is 5.32 Å². The first kappa shape index (κ1) is 13.4. The molecule has 1 aliphatic heterocycles. The third-order valence-corrected chi connectivity index (χ3v) is 3.08. The molecule has 21 heavy (non-hydrogen) atoms. The zero-order chi connectivity index (χ0) is 15.2. The molecule has 0 bridgehead atoms. The van der Waals surface area contributed by atoms with Gasteiger partial charge in [0.05, 0.1) is 12.2 Å². The second-order valence-electron chi connectivity index (χ2n) is 4.54. The number of halogens is 3. The highest BCUT2D eigenvalue weighted by Gasteiger charge is 2.33. The maximum atomic E-state index is 12.5. The molecule has 0 saturated heterocycles. The van der Waals surface area contributed by atoms with Gasteiger partial charge in [-0.1, -0.05) is 0 Å². The summed E-state index contributed by atoms with van der Waals surface area (Å²) in [6.45, 7) is 0.169. The molecule has 1 aliphatic rings. The first-order valence-electron chi connectivity index (χ1n) is 5.94. The standard InChI is InChI=1S/C12H10F3N5O/c13-12(14,15)10-3-4-20(18-10)8-1-2-9-7(5-8)6-19(16)11(21)17-9/h1-5H,6,16H2,(H,17,21). The summed E-state index contributed by atoms with van der Waals surface area (Å²) in [4.78, 5) is 11.4. The number of urea groups is 1. The normalized spacial score (nSPS) is 14.9. The van der Waals surface area contributed by atoms with E-state index in [2.05, 4.69) is 10.4 Å². The summed E-state index contributed by atoms with van der Waals surface area (Å²) >= 11 is 0. The van der Waals surface area contributed by atoms with Gasteiger partial charge >= 0.3 is 12.2 Å². The van der Waals surface area contributed by atoms with E-state index < -0.39 is 17.9 Å². The van der Waals surface area contributed by atoms with Crippen molar-refractivity contribution < 1.29 is 18.0 Å². The fourth-order valence-electron chi connectivity index (χ4n) is 2.04. The number of nitrogens with two attached hydrogens (primary N) is 1. The Labute approximate surface area is 116 Å². The lowest BCUT2D eigenvalue weighted by molar-refractivity contribution is -0.141. The van der Waals surface area contributed by atoms with Gasteiger partial charge in [0, 0.05) is 11.9 Å². The van der Waals surface area contributed by atoms with E-state index in [9.17, 15) is 18.0 Å². The Balaban J connectivity index is 1.96. The molecule has 110 valence electrons. The minimum absolute atomic E-state index is 0.169. The minimum Gasteiger partial charge on any atom is -0.306 e. The maximum absolute atomic E-state index is 12.5. The van der Waals surface area contributed by atoms with E-state index in [1.165, 1.54) is 6.20 Å². The maximum Gasteiger partial charge on any atom is 0.435 e. The second-order valence-corrected chi connectivity index (χ2v) is 4.54. The number of hydrazine groups is 1. The number of alkyl halides is 3. The lowest BCUT2D eigenvalue weighted by atomic mass is 10.1. The summed E-state index contributed by atoms with van der Waals surface area (Å²) in [6, 6.07) is 5.26. The molecule has 2 aromatic rings. The number of carbonyl (C=O) groups excluding carboxylic acids is 1. The van der Waals surface area contributed by atoms with Crippen molar-refractivity contribution in [2.45, 2.75) is 12.7 Å². The van der Waals surface area contributed by atoms with Gasteiger partial charge in [0.25, 0.3) is 0 Å². The molecule has 0 radical (unpaired) electrons. The van der Waals surface area contributed by atoms with E-state index in [0.29, 0.717) is 16.9 Å². The first-order valence-corrected chi connectivity index (χ1v) is 5.94.